The maximum atomic E-state index is 12.2. The van der Waals surface area contributed by atoms with Crippen molar-refractivity contribution in [2.24, 2.45) is 5.41 Å². The molecule has 1 aliphatic heterocycles. The molecule has 0 aromatic carbocycles. The van der Waals surface area contributed by atoms with E-state index >= 15 is 0 Å². The van der Waals surface area contributed by atoms with E-state index in [1.165, 1.54) is 25.7 Å². The average Bonchev–Trinajstić information content (AvgIpc) is 2.39. The largest absolute Gasteiger partial charge is 0.355 e. The smallest absolute Gasteiger partial charge is 0.238 e. The molecule has 1 heterocycles. The van der Waals surface area contributed by atoms with Gasteiger partial charge < -0.3 is 10.6 Å². The minimum Gasteiger partial charge on any atom is -0.355 e. The summed E-state index contributed by atoms with van der Waals surface area (Å²) in [5.41, 5.74) is 0.492. The third-order valence-electron chi connectivity index (χ3n) is 4.72. The van der Waals surface area contributed by atoms with Crippen LogP contribution in [0.25, 0.3) is 0 Å². The number of nitrogens with zero attached hydrogens (tertiary/aromatic N) is 1. The van der Waals surface area contributed by atoms with Crippen LogP contribution < -0.4 is 10.6 Å². The summed E-state index contributed by atoms with van der Waals surface area (Å²) in [6, 6.07) is 0.627. The van der Waals surface area contributed by atoms with Gasteiger partial charge in [-0.2, -0.15) is 0 Å². The maximum absolute atomic E-state index is 12.2. The summed E-state index contributed by atoms with van der Waals surface area (Å²) < 4.78 is 0. The molecule has 0 spiro atoms. The molecule has 19 heavy (non-hydrogen) atoms. The van der Waals surface area contributed by atoms with Crippen molar-refractivity contribution in [2.45, 2.75) is 58.5 Å². The fraction of sp³-hybridized carbons (Fsp3) is 0.933. The van der Waals surface area contributed by atoms with Gasteiger partial charge >= 0.3 is 0 Å². The quantitative estimate of drug-likeness (QED) is 0.811. The van der Waals surface area contributed by atoms with Gasteiger partial charge in [-0.25, -0.2) is 0 Å². The Balaban J connectivity index is 1.98. The number of hydrogen-bond donors (Lipinski definition) is 2. The van der Waals surface area contributed by atoms with Gasteiger partial charge in [-0.05, 0) is 38.0 Å². The Morgan fingerprint density at radius 3 is 2.68 bits per heavy atom. The van der Waals surface area contributed by atoms with Crippen LogP contribution in [0.15, 0.2) is 0 Å². The van der Waals surface area contributed by atoms with E-state index in [4.69, 9.17) is 0 Å². The van der Waals surface area contributed by atoms with E-state index in [-0.39, 0.29) is 11.9 Å². The van der Waals surface area contributed by atoms with Gasteiger partial charge in [0.05, 0.1) is 0 Å². The third kappa shape index (κ3) is 3.69. The molecule has 4 heteroatoms. The molecule has 1 saturated carbocycles. The second kappa shape index (κ2) is 6.23. The molecule has 4 nitrogen and oxygen atoms in total. The molecule has 110 valence electrons. The molecule has 0 bridgehead atoms. The van der Waals surface area contributed by atoms with Gasteiger partial charge in [-0.15, -0.1) is 0 Å². The molecule has 1 unspecified atom stereocenters. The lowest BCUT2D eigenvalue weighted by atomic mass is 9.75. The molecule has 2 N–H and O–H groups in total. The standard InChI is InChI=1S/C15H29N3O/c1-4-17-14(19)13-11-16-9-10-18(13)12-5-7-15(2,3)8-6-12/h12-13,16H,4-11H2,1-3H3,(H,17,19). The zero-order valence-electron chi connectivity index (χ0n) is 12.7. The van der Waals surface area contributed by atoms with Gasteiger partial charge in [0, 0.05) is 32.2 Å². The molecule has 2 rings (SSSR count). The van der Waals surface area contributed by atoms with Crippen LogP contribution in [-0.4, -0.2) is 49.1 Å². The lowest BCUT2D eigenvalue weighted by Crippen LogP contribution is -2.61. The molecule has 1 saturated heterocycles. The van der Waals surface area contributed by atoms with Crippen LogP contribution in [0, 0.1) is 5.41 Å². The third-order valence-corrected chi connectivity index (χ3v) is 4.72. The van der Waals surface area contributed by atoms with Crippen LogP contribution in [0.3, 0.4) is 0 Å². The van der Waals surface area contributed by atoms with Gasteiger partial charge in [-0.1, -0.05) is 13.8 Å². The highest BCUT2D eigenvalue weighted by atomic mass is 16.2. The first-order valence-electron chi connectivity index (χ1n) is 7.78. The summed E-state index contributed by atoms with van der Waals surface area (Å²) in [6.45, 7) is 10.3. The van der Waals surface area contributed by atoms with Gasteiger partial charge in [-0.3, -0.25) is 9.69 Å². The second-order valence-corrected chi connectivity index (χ2v) is 6.75. The summed E-state index contributed by atoms with van der Waals surface area (Å²) in [6.07, 6.45) is 5.04. The van der Waals surface area contributed by atoms with Crippen LogP contribution >= 0.6 is 0 Å². The highest BCUT2D eigenvalue weighted by molar-refractivity contribution is 5.82. The lowest BCUT2D eigenvalue weighted by molar-refractivity contribution is -0.128. The molecule has 1 amide bonds. The van der Waals surface area contributed by atoms with Gasteiger partial charge in [0.25, 0.3) is 0 Å². The Hall–Kier alpha value is -0.610. The summed E-state index contributed by atoms with van der Waals surface area (Å²) >= 11 is 0. The minimum atomic E-state index is 0.0277. The summed E-state index contributed by atoms with van der Waals surface area (Å²) in [5.74, 6) is 0.194. The summed E-state index contributed by atoms with van der Waals surface area (Å²) in [7, 11) is 0. The highest BCUT2D eigenvalue weighted by Crippen LogP contribution is 2.37. The number of piperazine rings is 1. The van der Waals surface area contributed by atoms with Crippen molar-refractivity contribution in [1.82, 2.24) is 15.5 Å². The van der Waals surface area contributed by atoms with Crippen molar-refractivity contribution in [3.63, 3.8) is 0 Å². The highest BCUT2D eigenvalue weighted by Gasteiger charge is 2.36. The van der Waals surface area contributed by atoms with Crippen LogP contribution in [-0.2, 0) is 4.79 Å². The molecular weight excluding hydrogens is 238 g/mol. The monoisotopic (exact) mass is 267 g/mol. The molecular formula is C15H29N3O. The number of amides is 1. The molecule has 1 aliphatic carbocycles. The van der Waals surface area contributed by atoms with Crippen molar-refractivity contribution >= 4 is 5.91 Å². The molecule has 0 radical (unpaired) electrons. The zero-order valence-corrected chi connectivity index (χ0v) is 12.7. The van der Waals surface area contributed by atoms with E-state index in [0.29, 0.717) is 11.5 Å². The molecule has 0 aromatic rings. The van der Waals surface area contributed by atoms with Crippen molar-refractivity contribution < 1.29 is 4.79 Å². The number of rotatable bonds is 3. The number of carbonyl (C=O) groups excluding carboxylic acids is 1. The lowest BCUT2D eigenvalue weighted by Gasteiger charge is -2.45. The minimum absolute atomic E-state index is 0.0277. The van der Waals surface area contributed by atoms with Crippen LogP contribution in [0.4, 0.5) is 0 Å². The predicted molar refractivity (Wildman–Crippen MR) is 78.1 cm³/mol. The van der Waals surface area contributed by atoms with E-state index in [0.717, 1.165) is 26.2 Å². The molecule has 1 atom stereocenters. The van der Waals surface area contributed by atoms with Gasteiger partial charge in [0.2, 0.25) is 5.91 Å². The van der Waals surface area contributed by atoms with Crippen LogP contribution in [0.5, 0.6) is 0 Å². The first-order chi connectivity index (χ1) is 9.03. The maximum Gasteiger partial charge on any atom is 0.238 e. The van der Waals surface area contributed by atoms with E-state index in [1.54, 1.807) is 0 Å². The first kappa shape index (κ1) is 14.8. The van der Waals surface area contributed by atoms with Crippen LogP contribution in [0.1, 0.15) is 46.5 Å². The zero-order chi connectivity index (χ0) is 13.9. The van der Waals surface area contributed by atoms with E-state index in [9.17, 15) is 4.79 Å². The van der Waals surface area contributed by atoms with Crippen molar-refractivity contribution in [2.75, 3.05) is 26.2 Å². The Morgan fingerprint density at radius 1 is 1.37 bits per heavy atom. The van der Waals surface area contributed by atoms with Crippen molar-refractivity contribution in [3.05, 3.63) is 0 Å². The van der Waals surface area contributed by atoms with Crippen molar-refractivity contribution in [3.8, 4) is 0 Å². The Kier molecular flexibility index (Phi) is 4.85. The molecule has 2 aliphatic rings. The fourth-order valence-corrected chi connectivity index (χ4v) is 3.41. The van der Waals surface area contributed by atoms with Gasteiger partial charge in [0.15, 0.2) is 0 Å². The Labute approximate surface area is 117 Å². The topological polar surface area (TPSA) is 44.4 Å². The van der Waals surface area contributed by atoms with E-state index in [1.807, 2.05) is 6.92 Å². The second-order valence-electron chi connectivity index (χ2n) is 6.75. The fourth-order valence-electron chi connectivity index (χ4n) is 3.41. The number of carbonyl (C=O) groups is 1. The summed E-state index contributed by atoms with van der Waals surface area (Å²) in [5, 5.41) is 6.34. The Bertz CT molecular complexity index is 307. The first-order valence-corrected chi connectivity index (χ1v) is 7.78. The van der Waals surface area contributed by atoms with E-state index < -0.39 is 0 Å². The van der Waals surface area contributed by atoms with Gasteiger partial charge in [0.1, 0.15) is 6.04 Å². The van der Waals surface area contributed by atoms with Crippen molar-refractivity contribution in [1.29, 1.82) is 0 Å². The summed E-state index contributed by atoms with van der Waals surface area (Å²) in [4.78, 5) is 14.6. The Morgan fingerprint density at radius 2 is 2.05 bits per heavy atom. The number of nitrogens with one attached hydrogen (secondary N) is 2. The SMILES string of the molecule is CCNC(=O)C1CNCCN1C1CCC(C)(C)CC1. The van der Waals surface area contributed by atoms with E-state index in [2.05, 4.69) is 29.4 Å². The molecule has 0 aromatic heterocycles. The normalized spacial score (nSPS) is 29.1. The average molecular weight is 267 g/mol. The number of hydrogen-bond acceptors (Lipinski definition) is 3. The number of likely N-dealkylation sites (N-methyl/N-ethyl adjacent to an activating group) is 1. The van der Waals surface area contributed by atoms with Crippen LogP contribution in [0.2, 0.25) is 0 Å². The predicted octanol–water partition coefficient (Wildman–Crippen LogP) is 1.37. The molecule has 2 fully saturated rings.